The van der Waals surface area contributed by atoms with E-state index in [1.54, 1.807) is 0 Å². The SMILES string of the molecule is CN(CCCn1cncc1[C@@H]1CCCN1)c1ccccc1. The fraction of sp³-hybridized carbons (Fsp3) is 0.471. The maximum Gasteiger partial charge on any atom is 0.0948 e. The minimum Gasteiger partial charge on any atom is -0.375 e. The minimum atomic E-state index is 0.499. The normalized spacial score (nSPS) is 18.0. The van der Waals surface area contributed by atoms with E-state index in [2.05, 4.69) is 57.1 Å². The number of anilines is 1. The molecule has 0 amide bonds. The predicted octanol–water partition coefficient (Wildman–Crippen LogP) is 2.83. The first kappa shape index (κ1) is 14.1. The fourth-order valence-corrected chi connectivity index (χ4v) is 3.03. The van der Waals surface area contributed by atoms with Crippen LogP contribution in [0, 0.1) is 0 Å². The van der Waals surface area contributed by atoms with E-state index >= 15 is 0 Å². The van der Waals surface area contributed by atoms with Gasteiger partial charge in [0.2, 0.25) is 0 Å². The largest absolute Gasteiger partial charge is 0.375 e. The molecule has 1 saturated heterocycles. The van der Waals surface area contributed by atoms with Crippen molar-refractivity contribution >= 4 is 5.69 Å². The molecule has 0 unspecified atom stereocenters. The Bertz CT molecular complexity index is 543. The molecule has 0 spiro atoms. The zero-order chi connectivity index (χ0) is 14.5. The summed E-state index contributed by atoms with van der Waals surface area (Å²) in [7, 11) is 2.16. The average Bonchev–Trinajstić information content (AvgIpc) is 3.18. The lowest BCUT2D eigenvalue weighted by Gasteiger charge is -2.20. The van der Waals surface area contributed by atoms with E-state index < -0.39 is 0 Å². The Kier molecular flexibility index (Phi) is 4.55. The highest BCUT2D eigenvalue weighted by atomic mass is 15.1. The summed E-state index contributed by atoms with van der Waals surface area (Å²) in [6.45, 7) is 3.22. The molecule has 2 aromatic rings. The molecule has 0 radical (unpaired) electrons. The summed E-state index contributed by atoms with van der Waals surface area (Å²) in [5, 5.41) is 3.55. The lowest BCUT2D eigenvalue weighted by Crippen LogP contribution is -2.21. The molecular formula is C17H24N4. The summed E-state index contributed by atoms with van der Waals surface area (Å²) >= 11 is 0. The number of hydrogen-bond acceptors (Lipinski definition) is 3. The predicted molar refractivity (Wildman–Crippen MR) is 86.5 cm³/mol. The number of imidazole rings is 1. The molecule has 1 atom stereocenters. The molecule has 0 aliphatic carbocycles. The van der Waals surface area contributed by atoms with Crippen LogP contribution in [0.15, 0.2) is 42.9 Å². The molecule has 1 aliphatic rings. The van der Waals surface area contributed by atoms with Crippen LogP contribution in [0.4, 0.5) is 5.69 Å². The van der Waals surface area contributed by atoms with Crippen molar-refractivity contribution in [1.29, 1.82) is 0 Å². The summed E-state index contributed by atoms with van der Waals surface area (Å²) in [4.78, 5) is 6.64. The Morgan fingerprint density at radius 1 is 1.33 bits per heavy atom. The van der Waals surface area contributed by atoms with E-state index in [1.165, 1.54) is 24.2 Å². The van der Waals surface area contributed by atoms with Crippen molar-refractivity contribution in [3.05, 3.63) is 48.5 Å². The molecule has 4 nitrogen and oxygen atoms in total. The van der Waals surface area contributed by atoms with E-state index in [1.807, 2.05) is 12.5 Å². The maximum atomic E-state index is 4.33. The van der Waals surface area contributed by atoms with Crippen LogP contribution in [0.25, 0.3) is 0 Å². The van der Waals surface area contributed by atoms with Gasteiger partial charge in [0.15, 0.2) is 0 Å². The van der Waals surface area contributed by atoms with E-state index in [0.717, 1.165) is 26.1 Å². The molecule has 1 fully saturated rings. The minimum absolute atomic E-state index is 0.499. The maximum absolute atomic E-state index is 4.33. The number of aryl methyl sites for hydroxylation is 1. The van der Waals surface area contributed by atoms with Crippen molar-refractivity contribution in [3.8, 4) is 0 Å². The third-order valence-corrected chi connectivity index (χ3v) is 4.25. The third-order valence-electron chi connectivity index (χ3n) is 4.25. The van der Waals surface area contributed by atoms with Crippen molar-refractivity contribution < 1.29 is 0 Å². The second-order valence-corrected chi connectivity index (χ2v) is 5.77. The highest BCUT2D eigenvalue weighted by molar-refractivity contribution is 5.44. The van der Waals surface area contributed by atoms with Crippen molar-refractivity contribution in [3.63, 3.8) is 0 Å². The summed E-state index contributed by atoms with van der Waals surface area (Å²) in [6, 6.07) is 11.1. The second kappa shape index (κ2) is 6.76. The van der Waals surface area contributed by atoms with Crippen molar-refractivity contribution in [2.75, 3.05) is 25.0 Å². The third kappa shape index (κ3) is 3.45. The molecule has 1 aliphatic heterocycles. The van der Waals surface area contributed by atoms with Gasteiger partial charge in [-0.2, -0.15) is 0 Å². The number of rotatable bonds is 6. The van der Waals surface area contributed by atoms with Gasteiger partial charge in [-0.1, -0.05) is 18.2 Å². The van der Waals surface area contributed by atoms with Gasteiger partial charge >= 0.3 is 0 Å². The number of para-hydroxylation sites is 1. The average molecular weight is 284 g/mol. The zero-order valence-corrected chi connectivity index (χ0v) is 12.7. The van der Waals surface area contributed by atoms with E-state index in [4.69, 9.17) is 0 Å². The molecular weight excluding hydrogens is 260 g/mol. The van der Waals surface area contributed by atoms with Gasteiger partial charge < -0.3 is 14.8 Å². The lowest BCUT2D eigenvalue weighted by atomic mass is 10.2. The van der Waals surface area contributed by atoms with Gasteiger partial charge in [0, 0.05) is 38.1 Å². The number of nitrogens with zero attached hydrogens (tertiary/aromatic N) is 3. The van der Waals surface area contributed by atoms with Crippen LogP contribution in [0.1, 0.15) is 31.0 Å². The zero-order valence-electron chi connectivity index (χ0n) is 12.7. The Hall–Kier alpha value is -1.81. The topological polar surface area (TPSA) is 33.1 Å². The quantitative estimate of drug-likeness (QED) is 0.885. The number of aromatic nitrogens is 2. The lowest BCUT2D eigenvalue weighted by molar-refractivity contribution is 0.548. The first-order valence-corrected chi connectivity index (χ1v) is 7.84. The van der Waals surface area contributed by atoms with Gasteiger partial charge in [-0.3, -0.25) is 0 Å². The Morgan fingerprint density at radius 3 is 2.95 bits per heavy atom. The van der Waals surface area contributed by atoms with Crippen LogP contribution < -0.4 is 10.2 Å². The molecule has 2 heterocycles. The van der Waals surface area contributed by atoms with Gasteiger partial charge in [-0.25, -0.2) is 4.98 Å². The molecule has 21 heavy (non-hydrogen) atoms. The highest BCUT2D eigenvalue weighted by Gasteiger charge is 2.19. The van der Waals surface area contributed by atoms with Gasteiger partial charge in [-0.15, -0.1) is 0 Å². The number of nitrogens with one attached hydrogen (secondary N) is 1. The van der Waals surface area contributed by atoms with Gasteiger partial charge in [0.25, 0.3) is 0 Å². The monoisotopic (exact) mass is 284 g/mol. The molecule has 0 saturated carbocycles. The molecule has 4 heteroatoms. The van der Waals surface area contributed by atoms with Gasteiger partial charge in [-0.05, 0) is 37.9 Å². The molecule has 1 aromatic carbocycles. The van der Waals surface area contributed by atoms with Crippen molar-refractivity contribution in [2.45, 2.75) is 31.8 Å². The summed E-state index contributed by atoms with van der Waals surface area (Å²) in [6.07, 6.45) is 7.62. The van der Waals surface area contributed by atoms with E-state index in [0.29, 0.717) is 6.04 Å². The number of hydrogen-bond donors (Lipinski definition) is 1. The molecule has 0 bridgehead atoms. The highest BCUT2D eigenvalue weighted by Crippen LogP contribution is 2.22. The van der Waals surface area contributed by atoms with E-state index in [-0.39, 0.29) is 0 Å². The van der Waals surface area contributed by atoms with Crippen LogP contribution in [-0.2, 0) is 6.54 Å². The first-order valence-electron chi connectivity index (χ1n) is 7.84. The molecule has 1 aromatic heterocycles. The fourth-order valence-electron chi connectivity index (χ4n) is 3.03. The summed E-state index contributed by atoms with van der Waals surface area (Å²) in [5.74, 6) is 0. The van der Waals surface area contributed by atoms with Gasteiger partial charge in [0.1, 0.15) is 0 Å². The Balaban J connectivity index is 1.53. The van der Waals surface area contributed by atoms with Crippen LogP contribution >= 0.6 is 0 Å². The standard InChI is InChI=1S/C17H24N4/c1-20(15-7-3-2-4-8-15)11-6-12-21-14-18-13-17(21)16-9-5-10-19-16/h2-4,7-8,13-14,16,19H,5-6,9-12H2,1H3/t16-/m0/s1. The van der Waals surface area contributed by atoms with E-state index in [9.17, 15) is 0 Å². The molecule has 112 valence electrons. The Labute approximate surface area is 126 Å². The Morgan fingerprint density at radius 2 is 2.19 bits per heavy atom. The van der Waals surface area contributed by atoms with Crippen molar-refractivity contribution in [2.24, 2.45) is 0 Å². The van der Waals surface area contributed by atoms with Crippen LogP contribution in [0.2, 0.25) is 0 Å². The van der Waals surface area contributed by atoms with Crippen LogP contribution in [0.5, 0.6) is 0 Å². The van der Waals surface area contributed by atoms with Gasteiger partial charge in [0.05, 0.1) is 12.0 Å². The molecule has 3 rings (SSSR count). The molecule has 1 N–H and O–H groups in total. The van der Waals surface area contributed by atoms with Crippen LogP contribution in [-0.4, -0.2) is 29.7 Å². The number of benzene rings is 1. The van der Waals surface area contributed by atoms with Crippen molar-refractivity contribution in [1.82, 2.24) is 14.9 Å². The van der Waals surface area contributed by atoms with Crippen LogP contribution in [0.3, 0.4) is 0 Å². The summed E-state index contributed by atoms with van der Waals surface area (Å²) in [5.41, 5.74) is 2.62. The smallest absolute Gasteiger partial charge is 0.0948 e. The first-order chi connectivity index (χ1) is 10.3. The summed E-state index contributed by atoms with van der Waals surface area (Å²) < 4.78 is 2.31. The second-order valence-electron chi connectivity index (χ2n) is 5.77.